The number of nitro benzene ring substituents is 1. The molecule has 0 radical (unpaired) electrons. The first kappa shape index (κ1) is 14.2. The Morgan fingerprint density at radius 2 is 2.00 bits per heavy atom. The van der Waals surface area contributed by atoms with Crippen LogP contribution in [0, 0.1) is 10.1 Å². The van der Waals surface area contributed by atoms with Crippen molar-refractivity contribution < 1.29 is 32.7 Å². The van der Waals surface area contributed by atoms with Gasteiger partial charge in [-0.1, -0.05) is 0 Å². The van der Waals surface area contributed by atoms with E-state index in [1.807, 2.05) is 0 Å². The molecule has 0 saturated carbocycles. The summed E-state index contributed by atoms with van der Waals surface area (Å²) in [5.41, 5.74) is -1.64. The van der Waals surface area contributed by atoms with Gasteiger partial charge in [0.15, 0.2) is 0 Å². The summed E-state index contributed by atoms with van der Waals surface area (Å²) >= 11 is 2.66. The van der Waals surface area contributed by atoms with Crippen LogP contribution in [-0.4, -0.2) is 22.4 Å². The summed E-state index contributed by atoms with van der Waals surface area (Å²) < 4.78 is 39.2. The molecule has 0 aliphatic carbocycles. The van der Waals surface area contributed by atoms with Crippen molar-refractivity contribution in [3.8, 4) is 5.75 Å². The fourth-order valence-electron chi connectivity index (χ4n) is 1.06. The third-order valence-corrected chi connectivity index (χ3v) is 2.34. The number of aromatic carboxylic acids is 1. The van der Waals surface area contributed by atoms with Crippen LogP contribution in [0.2, 0.25) is 0 Å². The van der Waals surface area contributed by atoms with Crippen molar-refractivity contribution in [1.82, 2.24) is 0 Å². The number of alkyl halides is 3. The van der Waals surface area contributed by atoms with Crippen molar-refractivity contribution in [2.24, 2.45) is 0 Å². The second-order valence-corrected chi connectivity index (χ2v) is 3.76. The molecule has 18 heavy (non-hydrogen) atoms. The lowest BCUT2D eigenvalue weighted by atomic mass is 10.2. The standard InChI is InChI=1S/C8H3BrF3NO5/c9-4-2-6(18-8(10,11)12)3(7(14)15)1-5(4)13(16)17/h1-2H,(H,14,15). The number of halogens is 4. The summed E-state index contributed by atoms with van der Waals surface area (Å²) in [6.07, 6.45) is -5.10. The lowest BCUT2D eigenvalue weighted by Crippen LogP contribution is -2.19. The molecule has 1 aromatic rings. The van der Waals surface area contributed by atoms with Crippen LogP contribution in [0.15, 0.2) is 16.6 Å². The molecular formula is C8H3BrF3NO5. The number of hydrogen-bond acceptors (Lipinski definition) is 4. The third kappa shape index (κ3) is 3.32. The van der Waals surface area contributed by atoms with Gasteiger partial charge in [-0.15, -0.1) is 13.2 Å². The predicted octanol–water partition coefficient (Wildman–Crippen LogP) is 2.95. The Hall–Kier alpha value is -1.84. The highest BCUT2D eigenvalue weighted by atomic mass is 79.9. The van der Waals surface area contributed by atoms with Crippen LogP contribution in [0.25, 0.3) is 0 Å². The zero-order chi connectivity index (χ0) is 14.1. The first-order chi connectivity index (χ1) is 8.11. The van der Waals surface area contributed by atoms with E-state index in [9.17, 15) is 28.1 Å². The molecule has 0 unspecified atom stereocenters. The van der Waals surface area contributed by atoms with Gasteiger partial charge >= 0.3 is 12.3 Å². The quantitative estimate of drug-likeness (QED) is 0.680. The molecule has 98 valence electrons. The number of benzene rings is 1. The Morgan fingerprint density at radius 3 is 2.39 bits per heavy atom. The van der Waals surface area contributed by atoms with Gasteiger partial charge in [0.25, 0.3) is 5.69 Å². The second-order valence-electron chi connectivity index (χ2n) is 2.91. The summed E-state index contributed by atoms with van der Waals surface area (Å²) in [5.74, 6) is -2.81. The molecule has 10 heteroatoms. The van der Waals surface area contributed by atoms with Gasteiger partial charge in [0.05, 0.1) is 9.40 Å². The van der Waals surface area contributed by atoms with Gasteiger partial charge in [-0.3, -0.25) is 10.1 Å². The summed E-state index contributed by atoms with van der Waals surface area (Å²) in [7, 11) is 0. The molecule has 0 aromatic heterocycles. The first-order valence-corrected chi connectivity index (χ1v) is 4.88. The number of rotatable bonds is 3. The summed E-state index contributed by atoms with van der Waals surface area (Å²) in [6, 6.07) is 1.06. The first-order valence-electron chi connectivity index (χ1n) is 4.09. The fraction of sp³-hybridized carbons (Fsp3) is 0.125. The predicted molar refractivity (Wildman–Crippen MR) is 54.4 cm³/mol. The van der Waals surface area contributed by atoms with Crippen molar-refractivity contribution in [1.29, 1.82) is 0 Å². The van der Waals surface area contributed by atoms with Crippen LogP contribution < -0.4 is 4.74 Å². The van der Waals surface area contributed by atoms with Gasteiger partial charge in [0.2, 0.25) is 0 Å². The Bertz CT molecular complexity index is 516. The van der Waals surface area contributed by atoms with E-state index in [4.69, 9.17) is 5.11 Å². The number of ether oxygens (including phenoxy) is 1. The van der Waals surface area contributed by atoms with Crippen LogP contribution in [-0.2, 0) is 0 Å². The molecule has 1 N–H and O–H groups in total. The van der Waals surface area contributed by atoms with Gasteiger partial charge in [-0.25, -0.2) is 4.79 Å². The van der Waals surface area contributed by atoms with E-state index in [1.54, 1.807) is 0 Å². The van der Waals surface area contributed by atoms with E-state index in [0.717, 1.165) is 0 Å². The molecule has 6 nitrogen and oxygen atoms in total. The van der Waals surface area contributed by atoms with Gasteiger partial charge in [0, 0.05) is 12.1 Å². The van der Waals surface area contributed by atoms with E-state index >= 15 is 0 Å². The lowest BCUT2D eigenvalue weighted by Gasteiger charge is -2.11. The maximum absolute atomic E-state index is 12.0. The van der Waals surface area contributed by atoms with Crippen LogP contribution in [0.3, 0.4) is 0 Å². The molecule has 0 aliphatic heterocycles. The normalized spacial score (nSPS) is 11.1. The number of carbonyl (C=O) groups is 1. The molecule has 0 saturated heterocycles. The van der Waals surface area contributed by atoms with E-state index in [1.165, 1.54) is 0 Å². The van der Waals surface area contributed by atoms with E-state index in [0.29, 0.717) is 12.1 Å². The minimum atomic E-state index is -5.10. The Morgan fingerprint density at radius 1 is 1.44 bits per heavy atom. The minimum Gasteiger partial charge on any atom is -0.478 e. The molecule has 0 atom stereocenters. The fourth-order valence-corrected chi connectivity index (χ4v) is 1.53. The van der Waals surface area contributed by atoms with Gasteiger partial charge in [-0.05, 0) is 15.9 Å². The number of hydrogen-bond donors (Lipinski definition) is 1. The van der Waals surface area contributed by atoms with Gasteiger partial charge < -0.3 is 9.84 Å². The van der Waals surface area contributed by atoms with Crippen molar-refractivity contribution in [2.45, 2.75) is 6.36 Å². The average molecular weight is 330 g/mol. The van der Waals surface area contributed by atoms with Crippen LogP contribution in [0.5, 0.6) is 5.75 Å². The molecule has 0 spiro atoms. The number of nitro groups is 1. The molecule has 1 aromatic carbocycles. The van der Waals surface area contributed by atoms with Crippen molar-refractivity contribution in [2.75, 3.05) is 0 Å². The molecule has 0 aliphatic rings. The maximum atomic E-state index is 12.0. The lowest BCUT2D eigenvalue weighted by molar-refractivity contribution is -0.385. The van der Waals surface area contributed by atoms with Crippen LogP contribution >= 0.6 is 15.9 Å². The summed E-state index contributed by atoms with van der Waals surface area (Å²) in [6.45, 7) is 0. The highest BCUT2D eigenvalue weighted by molar-refractivity contribution is 9.10. The van der Waals surface area contributed by atoms with Gasteiger partial charge in [-0.2, -0.15) is 0 Å². The van der Waals surface area contributed by atoms with Crippen LogP contribution in [0.4, 0.5) is 18.9 Å². The Kier molecular flexibility index (Phi) is 3.79. The maximum Gasteiger partial charge on any atom is 0.573 e. The molecule has 0 bridgehead atoms. The van der Waals surface area contributed by atoms with Gasteiger partial charge in [0.1, 0.15) is 11.3 Å². The van der Waals surface area contributed by atoms with E-state index in [-0.39, 0.29) is 4.47 Å². The van der Waals surface area contributed by atoms with Crippen LogP contribution in [0.1, 0.15) is 10.4 Å². The highest BCUT2D eigenvalue weighted by Crippen LogP contribution is 2.35. The monoisotopic (exact) mass is 329 g/mol. The highest BCUT2D eigenvalue weighted by Gasteiger charge is 2.34. The number of nitrogens with zero attached hydrogens (tertiary/aromatic N) is 1. The number of carboxylic acid groups (broad SMARTS) is 1. The third-order valence-electron chi connectivity index (χ3n) is 1.70. The van der Waals surface area contributed by atoms with Crippen molar-refractivity contribution in [3.63, 3.8) is 0 Å². The molecule has 0 fully saturated rings. The Labute approximate surface area is 105 Å². The molecule has 1 rings (SSSR count). The minimum absolute atomic E-state index is 0.322. The zero-order valence-corrected chi connectivity index (χ0v) is 9.78. The average Bonchev–Trinajstić information content (AvgIpc) is 2.13. The molecule has 0 heterocycles. The molecular weight excluding hydrogens is 327 g/mol. The largest absolute Gasteiger partial charge is 0.573 e. The van der Waals surface area contributed by atoms with Crippen molar-refractivity contribution >= 4 is 27.6 Å². The zero-order valence-electron chi connectivity index (χ0n) is 8.19. The van der Waals surface area contributed by atoms with E-state index in [2.05, 4.69) is 20.7 Å². The Balaban J connectivity index is 3.38. The van der Waals surface area contributed by atoms with E-state index < -0.39 is 34.3 Å². The van der Waals surface area contributed by atoms with Crippen molar-refractivity contribution in [3.05, 3.63) is 32.3 Å². The summed E-state index contributed by atoms with van der Waals surface area (Å²) in [5, 5.41) is 19.2. The smallest absolute Gasteiger partial charge is 0.478 e. The topological polar surface area (TPSA) is 89.7 Å². The molecule has 0 amide bonds. The summed E-state index contributed by atoms with van der Waals surface area (Å²) in [4.78, 5) is 20.3. The second kappa shape index (κ2) is 4.80. The SMILES string of the molecule is O=C(O)c1cc([N+](=O)[O-])c(Br)cc1OC(F)(F)F. The number of carboxylic acids is 1.